The molecule has 6 nitrogen and oxygen atoms in total. The van der Waals surface area contributed by atoms with Crippen LogP contribution in [0.1, 0.15) is 21.6 Å². The average molecular weight is 463 g/mol. The molecule has 2 heterocycles. The lowest BCUT2D eigenvalue weighted by atomic mass is 10.1. The first kappa shape index (κ1) is 23.1. The van der Waals surface area contributed by atoms with Gasteiger partial charge in [0.25, 0.3) is 5.91 Å². The predicted octanol–water partition coefficient (Wildman–Crippen LogP) is 3.94. The Morgan fingerprint density at radius 2 is 1.65 bits per heavy atom. The van der Waals surface area contributed by atoms with Crippen LogP contribution >= 0.6 is 0 Å². The molecule has 0 atom stereocenters. The molecule has 2 amide bonds. The number of aromatic nitrogens is 1. The van der Waals surface area contributed by atoms with E-state index >= 15 is 0 Å². The monoisotopic (exact) mass is 463 g/mol. The molecule has 1 aliphatic rings. The van der Waals surface area contributed by atoms with Gasteiger partial charge in [-0.1, -0.05) is 18.2 Å². The molecule has 0 unspecified atom stereocenters. The van der Waals surface area contributed by atoms with Crippen molar-refractivity contribution in [2.24, 2.45) is 0 Å². The Morgan fingerprint density at radius 1 is 0.912 bits per heavy atom. The molecule has 0 saturated carbocycles. The number of halogens is 2. The molecule has 1 aromatic heterocycles. The van der Waals surface area contributed by atoms with Crippen molar-refractivity contribution < 1.29 is 23.1 Å². The van der Waals surface area contributed by atoms with Crippen LogP contribution in [0.5, 0.6) is 5.75 Å². The zero-order valence-electron chi connectivity index (χ0n) is 18.4. The Labute approximate surface area is 196 Å². The number of benzene rings is 2. The van der Waals surface area contributed by atoms with Crippen molar-refractivity contribution in [1.29, 1.82) is 0 Å². The van der Waals surface area contributed by atoms with Crippen LogP contribution in [0.3, 0.4) is 0 Å². The SMILES string of the molecule is O=C(/C=C/c1ccc(OCc2ccccn2)cc1)N1CCN(C(=O)c2ccc(F)c(F)c2)CC1. The van der Waals surface area contributed by atoms with Crippen LogP contribution in [-0.4, -0.2) is 52.8 Å². The minimum atomic E-state index is -1.06. The highest BCUT2D eigenvalue weighted by Gasteiger charge is 2.24. The van der Waals surface area contributed by atoms with Gasteiger partial charge in [-0.25, -0.2) is 8.78 Å². The Hall–Kier alpha value is -4.07. The van der Waals surface area contributed by atoms with Gasteiger partial charge in [0.2, 0.25) is 5.91 Å². The van der Waals surface area contributed by atoms with Crippen molar-refractivity contribution in [2.45, 2.75) is 6.61 Å². The minimum Gasteiger partial charge on any atom is -0.487 e. The van der Waals surface area contributed by atoms with Gasteiger partial charge in [-0.2, -0.15) is 0 Å². The third-order valence-corrected chi connectivity index (χ3v) is 5.46. The van der Waals surface area contributed by atoms with Gasteiger partial charge in [-0.05, 0) is 54.1 Å². The smallest absolute Gasteiger partial charge is 0.254 e. The van der Waals surface area contributed by atoms with Gasteiger partial charge in [-0.3, -0.25) is 14.6 Å². The summed E-state index contributed by atoms with van der Waals surface area (Å²) < 4.78 is 32.2. The van der Waals surface area contributed by atoms with Gasteiger partial charge in [0.15, 0.2) is 11.6 Å². The summed E-state index contributed by atoms with van der Waals surface area (Å²) in [5.74, 6) is -1.89. The summed E-state index contributed by atoms with van der Waals surface area (Å²) in [6.45, 7) is 1.73. The van der Waals surface area contributed by atoms with E-state index in [0.29, 0.717) is 38.5 Å². The third kappa shape index (κ3) is 5.83. The Morgan fingerprint density at radius 3 is 2.32 bits per heavy atom. The molecule has 4 rings (SSSR count). The van der Waals surface area contributed by atoms with Crippen molar-refractivity contribution in [2.75, 3.05) is 26.2 Å². The number of ether oxygens (including phenoxy) is 1. The molecule has 0 bridgehead atoms. The van der Waals surface area contributed by atoms with E-state index in [4.69, 9.17) is 4.74 Å². The highest BCUT2D eigenvalue weighted by molar-refractivity contribution is 5.95. The quantitative estimate of drug-likeness (QED) is 0.520. The van der Waals surface area contributed by atoms with Crippen molar-refractivity contribution in [3.8, 4) is 5.75 Å². The number of rotatable bonds is 6. The van der Waals surface area contributed by atoms with E-state index in [1.807, 2.05) is 42.5 Å². The number of carbonyl (C=O) groups is 2. The largest absolute Gasteiger partial charge is 0.487 e. The topological polar surface area (TPSA) is 62.7 Å². The molecular weight excluding hydrogens is 440 g/mol. The second-order valence-corrected chi connectivity index (χ2v) is 7.76. The molecule has 8 heteroatoms. The first-order valence-corrected chi connectivity index (χ1v) is 10.8. The van der Waals surface area contributed by atoms with Crippen LogP contribution in [0, 0.1) is 11.6 Å². The van der Waals surface area contributed by atoms with Gasteiger partial charge in [-0.15, -0.1) is 0 Å². The number of nitrogens with zero attached hydrogens (tertiary/aromatic N) is 3. The van der Waals surface area contributed by atoms with E-state index in [1.165, 1.54) is 17.0 Å². The summed E-state index contributed by atoms with van der Waals surface area (Å²) in [6.07, 6.45) is 4.94. The number of amides is 2. The molecule has 0 spiro atoms. The van der Waals surface area contributed by atoms with E-state index in [2.05, 4.69) is 4.98 Å². The zero-order chi connectivity index (χ0) is 23.9. The molecule has 1 aliphatic heterocycles. The molecule has 1 saturated heterocycles. The summed E-state index contributed by atoms with van der Waals surface area (Å²) in [4.78, 5) is 32.4. The van der Waals surface area contributed by atoms with Crippen LogP contribution in [0.2, 0.25) is 0 Å². The number of pyridine rings is 1. The second kappa shape index (κ2) is 10.7. The molecule has 174 valence electrons. The van der Waals surface area contributed by atoms with Crippen molar-refractivity contribution in [1.82, 2.24) is 14.8 Å². The molecule has 34 heavy (non-hydrogen) atoms. The van der Waals surface area contributed by atoms with E-state index in [1.54, 1.807) is 17.2 Å². The molecule has 2 aromatic carbocycles. The fourth-order valence-corrected chi connectivity index (χ4v) is 3.53. The predicted molar refractivity (Wildman–Crippen MR) is 123 cm³/mol. The first-order valence-electron chi connectivity index (χ1n) is 10.8. The van der Waals surface area contributed by atoms with Crippen LogP contribution in [0.15, 0.2) is 72.9 Å². The van der Waals surface area contributed by atoms with Crippen molar-refractivity contribution in [3.05, 3.63) is 101 Å². The second-order valence-electron chi connectivity index (χ2n) is 7.76. The average Bonchev–Trinajstić information content (AvgIpc) is 2.88. The minimum absolute atomic E-state index is 0.0889. The standard InChI is InChI=1S/C26H23F2N3O3/c27-23-10-7-20(17-24(23)28)26(33)31-15-13-30(14-16-31)25(32)11-6-19-4-8-22(9-5-19)34-18-21-3-1-2-12-29-21/h1-12,17H,13-16,18H2/b11-6+. The van der Waals surface area contributed by atoms with Gasteiger partial charge in [0, 0.05) is 44.0 Å². The summed E-state index contributed by atoms with van der Waals surface area (Å²) in [5.41, 5.74) is 1.78. The van der Waals surface area contributed by atoms with Crippen LogP contribution < -0.4 is 4.74 Å². The fourth-order valence-electron chi connectivity index (χ4n) is 3.53. The zero-order valence-corrected chi connectivity index (χ0v) is 18.4. The number of carbonyl (C=O) groups excluding carboxylic acids is 2. The molecule has 1 fully saturated rings. The summed E-state index contributed by atoms with van der Waals surface area (Å²) in [5, 5.41) is 0. The lowest BCUT2D eigenvalue weighted by Gasteiger charge is -2.34. The van der Waals surface area contributed by atoms with Crippen LogP contribution in [0.4, 0.5) is 8.78 Å². The Bertz CT molecular complexity index is 1180. The normalized spacial score (nSPS) is 13.8. The Balaban J connectivity index is 1.26. The first-order chi connectivity index (χ1) is 16.5. The summed E-state index contributed by atoms with van der Waals surface area (Å²) in [7, 11) is 0. The summed E-state index contributed by atoms with van der Waals surface area (Å²) >= 11 is 0. The number of hydrogen-bond donors (Lipinski definition) is 0. The van der Waals surface area contributed by atoms with E-state index in [-0.39, 0.29) is 17.4 Å². The van der Waals surface area contributed by atoms with Gasteiger partial charge < -0.3 is 14.5 Å². The number of hydrogen-bond acceptors (Lipinski definition) is 4. The van der Waals surface area contributed by atoms with Crippen molar-refractivity contribution >= 4 is 17.9 Å². The van der Waals surface area contributed by atoms with E-state index < -0.39 is 11.6 Å². The number of piperazine rings is 1. The Kier molecular flexibility index (Phi) is 7.27. The third-order valence-electron chi connectivity index (χ3n) is 5.46. The molecule has 0 N–H and O–H groups in total. The van der Waals surface area contributed by atoms with Gasteiger partial charge in [0.05, 0.1) is 5.69 Å². The lowest BCUT2D eigenvalue weighted by Crippen LogP contribution is -2.50. The van der Waals surface area contributed by atoms with Gasteiger partial charge in [0.1, 0.15) is 12.4 Å². The van der Waals surface area contributed by atoms with Crippen LogP contribution in [0.25, 0.3) is 6.08 Å². The van der Waals surface area contributed by atoms with E-state index in [9.17, 15) is 18.4 Å². The fraction of sp³-hybridized carbons (Fsp3) is 0.192. The summed E-state index contributed by atoms with van der Waals surface area (Å²) in [6, 6.07) is 16.1. The highest BCUT2D eigenvalue weighted by atomic mass is 19.2. The maximum Gasteiger partial charge on any atom is 0.254 e. The van der Waals surface area contributed by atoms with Crippen molar-refractivity contribution in [3.63, 3.8) is 0 Å². The molecular formula is C26H23F2N3O3. The maximum absolute atomic E-state index is 13.4. The van der Waals surface area contributed by atoms with Crippen LogP contribution in [-0.2, 0) is 11.4 Å². The lowest BCUT2D eigenvalue weighted by molar-refractivity contribution is -0.127. The highest BCUT2D eigenvalue weighted by Crippen LogP contribution is 2.16. The van der Waals surface area contributed by atoms with E-state index in [0.717, 1.165) is 23.4 Å². The molecule has 3 aromatic rings. The molecule has 0 radical (unpaired) electrons. The maximum atomic E-state index is 13.4. The van der Waals surface area contributed by atoms with Gasteiger partial charge >= 0.3 is 0 Å². The molecule has 0 aliphatic carbocycles.